The van der Waals surface area contributed by atoms with Gasteiger partial charge >= 0.3 is 12.1 Å². The summed E-state index contributed by atoms with van der Waals surface area (Å²) in [7, 11) is 0. The number of imide groups is 2. The van der Waals surface area contributed by atoms with Crippen molar-refractivity contribution in [1.29, 1.82) is 0 Å². The molecule has 0 radical (unpaired) electrons. The number of carbonyl (C=O) groups excluding carboxylic acids is 6. The fourth-order valence-corrected chi connectivity index (χ4v) is 9.25. The van der Waals surface area contributed by atoms with Crippen molar-refractivity contribution >= 4 is 134 Å². The van der Waals surface area contributed by atoms with Gasteiger partial charge in [0.2, 0.25) is 11.8 Å². The number of rotatable bonds is 12. The largest absolute Gasteiger partial charge is 0.478 e. The van der Waals surface area contributed by atoms with Gasteiger partial charge in [0.15, 0.2) is 11.3 Å². The molecule has 82 heavy (non-hydrogen) atoms. The molecule has 25 heteroatoms. The smallest absolute Gasteiger partial charge is 0.410 e. The van der Waals surface area contributed by atoms with Gasteiger partial charge in [-0.2, -0.15) is 19.2 Å². The molecule has 0 aliphatic carbocycles. The summed E-state index contributed by atoms with van der Waals surface area (Å²) in [6, 6.07) is 31.2. The van der Waals surface area contributed by atoms with E-state index in [0.717, 1.165) is 0 Å². The molecule has 4 aromatic carbocycles. The molecule has 0 bridgehead atoms. The summed E-state index contributed by atoms with van der Waals surface area (Å²) in [6.45, 7) is 6.99. The first kappa shape index (κ1) is 55.2. The van der Waals surface area contributed by atoms with Gasteiger partial charge in [0.05, 0.1) is 30.8 Å². The first-order valence-electron chi connectivity index (χ1n) is 25.4. The van der Waals surface area contributed by atoms with E-state index in [1.54, 1.807) is 105 Å². The van der Waals surface area contributed by atoms with Crippen molar-refractivity contribution in [1.82, 2.24) is 49.6 Å². The van der Waals surface area contributed by atoms with E-state index in [4.69, 9.17) is 32.9 Å². The standard InChI is InChI=1S/C33H33ClN8O5.C24H17ClN6O4/c1-33(2,3)47-32(46)41-12-10-40(11-13-41)31(45)20-6-4-8-24(15-20)37-27-18-26(36-25-9-5-7-23(34)17-25)38-29-22(19-35-42(27)29)14-21-16-28(43)39-30(21)44;25-16-4-2-6-18(10-16)27-19-11-20(28-17-5-1-3-13(8-17)24(34)35)31-22(29-19)15(12-26-31)7-14-9-21(32)30-23(14)33/h4-9,14-15,17-19,37H,10-13,16H2,1-3H3,(H,36,38)(H,39,43,44);1-8,10-12,28H,9H2,(H,27,29)(H,34,35)(H,30,32,33)/b21-14+;14-7+. The quantitative estimate of drug-likeness (QED) is 0.0443. The van der Waals surface area contributed by atoms with Gasteiger partial charge in [-0.05, 0) is 106 Å². The Morgan fingerprint density at radius 3 is 1.44 bits per heavy atom. The number of ether oxygens (including phenoxy) is 1. The van der Waals surface area contributed by atoms with Crippen molar-refractivity contribution in [2.75, 3.05) is 47.4 Å². The normalized spacial score (nSPS) is 15.3. The second-order valence-corrected chi connectivity index (χ2v) is 20.8. The highest BCUT2D eigenvalue weighted by Crippen LogP contribution is 2.30. The number of piperazine rings is 1. The Hall–Kier alpha value is -10.1. The van der Waals surface area contributed by atoms with Crippen LogP contribution in [0.2, 0.25) is 10.0 Å². The van der Waals surface area contributed by atoms with E-state index < -0.39 is 23.4 Å². The number of carbonyl (C=O) groups is 7. The minimum absolute atomic E-state index is 0.0241. The third-order valence-electron chi connectivity index (χ3n) is 12.6. The predicted molar refractivity (Wildman–Crippen MR) is 307 cm³/mol. The van der Waals surface area contributed by atoms with E-state index in [0.29, 0.717) is 121 Å². The summed E-state index contributed by atoms with van der Waals surface area (Å²) in [4.78, 5) is 97.7. The van der Waals surface area contributed by atoms with Crippen molar-refractivity contribution < 1.29 is 43.4 Å². The molecule has 0 spiro atoms. The summed E-state index contributed by atoms with van der Waals surface area (Å²) >= 11 is 12.3. The van der Waals surface area contributed by atoms with Gasteiger partial charge < -0.3 is 40.9 Å². The second kappa shape index (κ2) is 23.3. The Bertz CT molecular complexity index is 3970. The maximum Gasteiger partial charge on any atom is 0.410 e. The zero-order valence-corrected chi connectivity index (χ0v) is 45.5. The van der Waals surface area contributed by atoms with Crippen LogP contribution in [0.4, 0.5) is 50.8 Å². The van der Waals surface area contributed by atoms with Crippen molar-refractivity contribution in [2.45, 2.75) is 39.2 Å². The maximum absolute atomic E-state index is 13.5. The first-order valence-corrected chi connectivity index (χ1v) is 26.2. The molecule has 3 aliphatic rings. The third-order valence-corrected chi connectivity index (χ3v) is 13.1. The van der Waals surface area contributed by atoms with Crippen molar-refractivity contribution in [3.8, 4) is 0 Å². The van der Waals surface area contributed by atoms with Gasteiger partial charge in [-0.1, -0.05) is 47.5 Å². The summed E-state index contributed by atoms with van der Waals surface area (Å²) in [6.07, 6.45) is 5.84. The fourth-order valence-electron chi connectivity index (χ4n) is 8.87. The maximum atomic E-state index is 13.5. The molecule has 0 saturated carbocycles. The molecule has 416 valence electrons. The number of hydrogen-bond acceptors (Lipinski definition) is 16. The average Bonchev–Trinajstić information content (AvgIpc) is 4.41. The molecule has 0 atom stereocenters. The number of nitrogens with one attached hydrogen (secondary N) is 6. The summed E-state index contributed by atoms with van der Waals surface area (Å²) < 4.78 is 8.57. The summed E-state index contributed by atoms with van der Waals surface area (Å²) in [5.74, 6) is -0.920. The van der Waals surface area contributed by atoms with Gasteiger partial charge in [0.25, 0.3) is 17.7 Å². The lowest BCUT2D eigenvalue weighted by Crippen LogP contribution is -2.51. The number of fused-ring (bicyclic) bond motifs is 2. The number of halogens is 2. The van der Waals surface area contributed by atoms with E-state index in [-0.39, 0.29) is 42.2 Å². The third kappa shape index (κ3) is 13.1. The molecule has 3 saturated heterocycles. The Kier molecular flexibility index (Phi) is 15.7. The van der Waals surface area contributed by atoms with Crippen molar-refractivity contribution in [2.24, 2.45) is 0 Å². The average molecular weight is 1150 g/mol. The van der Waals surface area contributed by atoms with E-state index in [1.807, 2.05) is 45.0 Å². The fraction of sp³-hybridized carbons (Fsp3) is 0.175. The molecule has 23 nitrogen and oxygen atoms in total. The molecule has 3 fully saturated rings. The Morgan fingerprint density at radius 2 is 1.01 bits per heavy atom. The van der Waals surface area contributed by atoms with E-state index >= 15 is 0 Å². The minimum Gasteiger partial charge on any atom is -0.478 e. The number of anilines is 8. The van der Waals surface area contributed by atoms with Gasteiger partial charge in [0, 0.05) is 98.9 Å². The number of amides is 6. The van der Waals surface area contributed by atoms with Crippen LogP contribution >= 0.6 is 23.2 Å². The number of carboxylic acids is 1. The van der Waals surface area contributed by atoms with Crippen LogP contribution in [0, 0.1) is 0 Å². The first-order chi connectivity index (χ1) is 39.3. The monoisotopic (exact) mass is 1140 g/mol. The topological polar surface area (TPSA) is 288 Å². The zero-order chi connectivity index (χ0) is 57.8. The van der Waals surface area contributed by atoms with Gasteiger partial charge in [-0.15, -0.1) is 0 Å². The van der Waals surface area contributed by atoms with E-state index in [1.165, 1.54) is 22.8 Å². The molecule has 7 N–H and O–H groups in total. The highest BCUT2D eigenvalue weighted by atomic mass is 35.5. The van der Waals surface area contributed by atoms with Gasteiger partial charge in [-0.3, -0.25) is 34.6 Å². The Labute approximate surface area is 477 Å². The number of aromatic carboxylic acids is 1. The van der Waals surface area contributed by atoms with Crippen LogP contribution in [0.15, 0.2) is 133 Å². The molecule has 11 rings (SSSR count). The van der Waals surface area contributed by atoms with Gasteiger partial charge in [0.1, 0.15) is 28.9 Å². The van der Waals surface area contributed by atoms with Crippen LogP contribution in [0.1, 0.15) is 65.5 Å². The summed E-state index contributed by atoms with van der Waals surface area (Å²) in [5, 5.41) is 36.8. The van der Waals surface area contributed by atoms with Crippen LogP contribution in [-0.4, -0.2) is 117 Å². The Morgan fingerprint density at radius 1 is 0.585 bits per heavy atom. The number of carboxylic acid groups (broad SMARTS) is 1. The van der Waals surface area contributed by atoms with Crippen LogP contribution < -0.4 is 31.9 Å². The molecular weight excluding hydrogens is 1100 g/mol. The number of benzene rings is 4. The highest BCUT2D eigenvalue weighted by molar-refractivity contribution is 6.31. The molecule has 4 aromatic heterocycles. The lowest BCUT2D eigenvalue weighted by Gasteiger charge is -2.35. The van der Waals surface area contributed by atoms with Gasteiger partial charge in [-0.25, -0.2) is 19.6 Å². The number of aromatic nitrogens is 6. The summed E-state index contributed by atoms with van der Waals surface area (Å²) in [5.41, 5.74) is 5.10. The van der Waals surface area contributed by atoms with E-state index in [9.17, 15) is 38.7 Å². The predicted octanol–water partition coefficient (Wildman–Crippen LogP) is 8.99. The molecular formula is C57H50Cl2N14O9. The molecule has 3 aliphatic heterocycles. The second-order valence-electron chi connectivity index (χ2n) is 19.9. The van der Waals surface area contributed by atoms with E-state index in [2.05, 4.69) is 47.1 Å². The van der Waals surface area contributed by atoms with Crippen molar-refractivity contribution in [3.05, 3.63) is 165 Å². The molecule has 8 aromatic rings. The van der Waals surface area contributed by atoms with Crippen LogP contribution in [0.25, 0.3) is 23.4 Å². The number of hydrogen-bond donors (Lipinski definition) is 7. The van der Waals surface area contributed by atoms with Crippen LogP contribution in [0.3, 0.4) is 0 Å². The molecule has 6 amide bonds. The number of nitrogens with zero attached hydrogens (tertiary/aromatic N) is 8. The zero-order valence-electron chi connectivity index (χ0n) is 44.0. The molecule has 0 unspecified atom stereocenters. The Balaban J connectivity index is 0.000000192. The van der Waals surface area contributed by atoms with Crippen molar-refractivity contribution in [3.63, 3.8) is 0 Å². The minimum atomic E-state index is -1.05. The van der Waals surface area contributed by atoms with Crippen LogP contribution in [0.5, 0.6) is 0 Å². The lowest BCUT2D eigenvalue weighted by molar-refractivity contribution is -0.125. The van der Waals surface area contributed by atoms with Crippen LogP contribution in [-0.2, 0) is 23.9 Å². The SMILES string of the molecule is CC(C)(C)OC(=O)N1CCN(C(=O)c2cccc(Nc3cc(Nc4cccc(Cl)c4)nc4c(/C=C5\CC(=O)NC5=O)cnn34)c2)CC1.O=C1C/C(=C\c2cnn3c(Nc4cccc(C(=O)O)c4)cc(Nc4cccc(Cl)c4)nc23)C(=O)N1. The lowest BCUT2D eigenvalue weighted by atomic mass is 10.1. The molecule has 7 heterocycles. The highest BCUT2D eigenvalue weighted by Gasteiger charge is 2.29.